The highest BCUT2D eigenvalue weighted by molar-refractivity contribution is 7.80. The highest BCUT2D eigenvalue weighted by Crippen LogP contribution is 2.29. The van der Waals surface area contributed by atoms with Gasteiger partial charge in [0.2, 0.25) is 9.70 Å². The van der Waals surface area contributed by atoms with Crippen molar-refractivity contribution in [1.29, 1.82) is 0 Å². The summed E-state index contributed by atoms with van der Waals surface area (Å²) >= 11 is 23.3. The number of hydrogen-bond donors (Lipinski definition) is 3. The van der Waals surface area contributed by atoms with Gasteiger partial charge in [-0.15, -0.1) is 0 Å². The van der Waals surface area contributed by atoms with E-state index in [0.29, 0.717) is 6.42 Å². The number of halogens is 3. The second-order valence-electron chi connectivity index (χ2n) is 6.74. The minimum Gasteiger partial charge on any atom is -0.497 e. The van der Waals surface area contributed by atoms with Crippen LogP contribution in [0.2, 0.25) is 0 Å². The number of thiocarbonyl (C=S) groups is 1. The zero-order valence-electron chi connectivity index (χ0n) is 16.9. The van der Waals surface area contributed by atoms with Gasteiger partial charge < -0.3 is 20.7 Å². The van der Waals surface area contributed by atoms with Gasteiger partial charge in [-0.05, 0) is 42.9 Å². The van der Waals surface area contributed by atoms with Crippen LogP contribution in [0.1, 0.15) is 58.3 Å². The molecular formula is C20H30Cl3N3O2S. The van der Waals surface area contributed by atoms with Gasteiger partial charge in [0, 0.05) is 12.1 Å². The average molecular weight is 483 g/mol. The van der Waals surface area contributed by atoms with Crippen LogP contribution in [0, 0.1) is 0 Å². The largest absolute Gasteiger partial charge is 0.497 e. The number of carbonyl (C=O) groups excluding carboxylic acids is 1. The first-order valence-electron chi connectivity index (χ1n) is 9.84. The molecule has 0 aromatic heterocycles. The highest BCUT2D eigenvalue weighted by Gasteiger charge is 2.34. The van der Waals surface area contributed by atoms with Crippen LogP contribution in [0.15, 0.2) is 24.3 Å². The van der Waals surface area contributed by atoms with E-state index in [4.69, 9.17) is 51.8 Å². The predicted molar refractivity (Wildman–Crippen MR) is 127 cm³/mol. The number of carbonyl (C=O) groups is 1. The molecule has 0 saturated carbocycles. The van der Waals surface area contributed by atoms with Crippen LogP contribution in [0.5, 0.6) is 5.75 Å². The van der Waals surface area contributed by atoms with Crippen molar-refractivity contribution >= 4 is 63.7 Å². The molecule has 9 heteroatoms. The maximum absolute atomic E-state index is 12.2. The number of hydrogen-bond acceptors (Lipinski definition) is 3. The minimum absolute atomic E-state index is 0.186. The van der Waals surface area contributed by atoms with Crippen LogP contribution in [-0.2, 0) is 4.79 Å². The number of anilines is 1. The van der Waals surface area contributed by atoms with Crippen molar-refractivity contribution in [3.8, 4) is 5.75 Å². The van der Waals surface area contributed by atoms with Crippen LogP contribution in [-0.4, -0.2) is 28.1 Å². The van der Waals surface area contributed by atoms with Crippen LogP contribution in [0.4, 0.5) is 5.69 Å². The second-order valence-corrected chi connectivity index (χ2v) is 9.52. The lowest BCUT2D eigenvalue weighted by atomic mass is 10.1. The molecule has 1 amide bonds. The molecule has 0 unspecified atom stereocenters. The molecule has 0 fully saturated rings. The van der Waals surface area contributed by atoms with E-state index >= 15 is 0 Å². The van der Waals surface area contributed by atoms with E-state index < -0.39 is 9.96 Å². The Labute approximate surface area is 194 Å². The van der Waals surface area contributed by atoms with E-state index in [1.165, 1.54) is 25.7 Å². The summed E-state index contributed by atoms with van der Waals surface area (Å²) in [5, 5.41) is 8.77. The Morgan fingerprint density at radius 1 is 1.03 bits per heavy atom. The van der Waals surface area contributed by atoms with E-state index in [9.17, 15) is 4.79 Å². The van der Waals surface area contributed by atoms with Gasteiger partial charge in [-0.3, -0.25) is 4.79 Å². The number of unbranched alkanes of at least 4 members (excludes halogenated alkanes) is 6. The van der Waals surface area contributed by atoms with Gasteiger partial charge >= 0.3 is 0 Å². The molecule has 5 nitrogen and oxygen atoms in total. The summed E-state index contributed by atoms with van der Waals surface area (Å²) in [4.78, 5) is 12.2. The summed E-state index contributed by atoms with van der Waals surface area (Å²) in [7, 11) is 1.59. The molecule has 1 atom stereocenters. The molecule has 0 aliphatic heterocycles. The summed E-state index contributed by atoms with van der Waals surface area (Å²) in [6.45, 7) is 2.19. The number of amides is 1. The smallest absolute Gasteiger partial charge is 0.228 e. The summed E-state index contributed by atoms with van der Waals surface area (Å²) in [6.07, 6.45) is 7.33. The fourth-order valence-corrected chi connectivity index (χ4v) is 3.21. The Balaban J connectivity index is 2.44. The topological polar surface area (TPSA) is 62.4 Å². The van der Waals surface area contributed by atoms with Gasteiger partial charge in [0.15, 0.2) is 5.11 Å². The van der Waals surface area contributed by atoms with Crippen LogP contribution in [0.3, 0.4) is 0 Å². The van der Waals surface area contributed by atoms with Gasteiger partial charge in [-0.1, -0.05) is 80.3 Å². The third-order valence-electron chi connectivity index (χ3n) is 4.26. The maximum Gasteiger partial charge on any atom is 0.228 e. The first-order chi connectivity index (χ1) is 13.8. The van der Waals surface area contributed by atoms with Crippen molar-refractivity contribution in [3.63, 3.8) is 0 Å². The molecule has 1 aromatic rings. The second kappa shape index (κ2) is 14.1. The van der Waals surface area contributed by atoms with Crippen molar-refractivity contribution in [2.24, 2.45) is 0 Å². The summed E-state index contributed by atoms with van der Waals surface area (Å²) in [6, 6.07) is 7.19. The van der Waals surface area contributed by atoms with E-state index in [-0.39, 0.29) is 11.0 Å². The lowest BCUT2D eigenvalue weighted by molar-refractivity contribution is -0.122. The number of benzene rings is 1. The molecule has 1 aromatic carbocycles. The highest BCUT2D eigenvalue weighted by atomic mass is 35.6. The van der Waals surface area contributed by atoms with Gasteiger partial charge in [-0.2, -0.15) is 0 Å². The Morgan fingerprint density at radius 3 is 2.17 bits per heavy atom. The van der Waals surface area contributed by atoms with Crippen molar-refractivity contribution in [3.05, 3.63) is 24.3 Å². The third-order valence-corrected chi connectivity index (χ3v) is 5.14. The van der Waals surface area contributed by atoms with Crippen molar-refractivity contribution in [2.45, 2.75) is 68.2 Å². The lowest BCUT2D eigenvalue weighted by Gasteiger charge is -2.27. The van der Waals surface area contributed by atoms with Crippen LogP contribution in [0.25, 0.3) is 0 Å². The molecule has 0 spiro atoms. The number of nitrogens with one attached hydrogen (secondary N) is 3. The summed E-state index contributed by atoms with van der Waals surface area (Å²) < 4.78 is 3.35. The molecule has 0 aliphatic carbocycles. The zero-order valence-corrected chi connectivity index (χ0v) is 20.0. The zero-order chi connectivity index (χ0) is 21.7. The predicted octanol–water partition coefficient (Wildman–Crippen LogP) is 5.93. The summed E-state index contributed by atoms with van der Waals surface area (Å²) in [5.41, 5.74) is 0.737. The van der Waals surface area contributed by atoms with E-state index in [2.05, 4.69) is 22.9 Å². The van der Waals surface area contributed by atoms with Gasteiger partial charge in [0.1, 0.15) is 11.9 Å². The Hall–Kier alpha value is -0.950. The normalized spacial score (nSPS) is 12.2. The van der Waals surface area contributed by atoms with Crippen molar-refractivity contribution in [1.82, 2.24) is 10.6 Å². The molecule has 0 radical (unpaired) electrons. The molecule has 0 bridgehead atoms. The molecular weight excluding hydrogens is 453 g/mol. The van der Waals surface area contributed by atoms with E-state index in [1.54, 1.807) is 31.4 Å². The third kappa shape index (κ3) is 11.7. The fourth-order valence-electron chi connectivity index (χ4n) is 2.65. The number of methoxy groups -OCH3 is 1. The molecule has 3 N–H and O–H groups in total. The summed E-state index contributed by atoms with van der Waals surface area (Å²) in [5.74, 6) is 0.542. The Bertz CT molecular complexity index is 624. The minimum atomic E-state index is -1.76. The molecule has 0 heterocycles. The molecule has 164 valence electrons. The van der Waals surface area contributed by atoms with Crippen molar-refractivity contribution < 1.29 is 9.53 Å². The lowest BCUT2D eigenvalue weighted by Crippen LogP contribution is -2.56. The Kier molecular flexibility index (Phi) is 12.7. The standard InChI is InChI=1S/C20H30Cl3N3O2S/c1-3-4-5-6-7-8-9-10-17(27)25-18(20(21,22)23)26-19(29)24-15-11-13-16(28-2)14-12-15/h11-14,18H,3-10H2,1-2H3,(H,25,27)(H2,24,26,29)/t18-/m1/s1. The maximum atomic E-state index is 12.2. The average Bonchev–Trinajstić information content (AvgIpc) is 2.66. The quantitative estimate of drug-likeness (QED) is 0.149. The SMILES string of the molecule is CCCCCCCCCC(=O)N[C@H](NC(=S)Nc1ccc(OC)cc1)C(Cl)(Cl)Cl. The first kappa shape index (κ1) is 26.1. The molecule has 1 rings (SSSR count). The number of rotatable bonds is 12. The van der Waals surface area contributed by atoms with E-state index in [1.807, 2.05) is 0 Å². The fraction of sp³-hybridized carbons (Fsp3) is 0.600. The molecule has 0 saturated heterocycles. The first-order valence-corrected chi connectivity index (χ1v) is 11.4. The Morgan fingerprint density at radius 2 is 1.62 bits per heavy atom. The number of ether oxygens (including phenoxy) is 1. The van der Waals surface area contributed by atoms with Crippen LogP contribution < -0.4 is 20.7 Å². The van der Waals surface area contributed by atoms with Crippen molar-refractivity contribution in [2.75, 3.05) is 12.4 Å². The van der Waals surface area contributed by atoms with E-state index in [0.717, 1.165) is 30.7 Å². The van der Waals surface area contributed by atoms with Gasteiger partial charge in [0.05, 0.1) is 7.11 Å². The van der Waals surface area contributed by atoms with Gasteiger partial charge in [0.25, 0.3) is 0 Å². The molecule has 0 aliphatic rings. The molecule has 29 heavy (non-hydrogen) atoms. The monoisotopic (exact) mass is 481 g/mol. The van der Waals surface area contributed by atoms with Gasteiger partial charge in [-0.25, -0.2) is 0 Å². The number of alkyl halides is 3. The van der Waals surface area contributed by atoms with Crippen LogP contribution >= 0.6 is 47.0 Å².